The molecule has 0 aromatic heterocycles. The Morgan fingerprint density at radius 3 is 1.20 bits per heavy atom. The number of aliphatic hydroxyl groups excluding tert-OH is 1. The standard InChI is InChI=1S/C10H14O5/c1-5(11)9(15)10(6(2)12,7(3)13)8(4)14/h9,15H,1-4H3. The van der Waals surface area contributed by atoms with Gasteiger partial charge in [-0.3, -0.25) is 19.2 Å². The van der Waals surface area contributed by atoms with Crippen molar-refractivity contribution in [1.82, 2.24) is 0 Å². The van der Waals surface area contributed by atoms with Crippen LogP contribution < -0.4 is 0 Å². The number of hydrogen-bond donors (Lipinski definition) is 1. The topological polar surface area (TPSA) is 88.5 Å². The van der Waals surface area contributed by atoms with E-state index in [1.54, 1.807) is 0 Å². The Hall–Kier alpha value is -1.36. The highest BCUT2D eigenvalue weighted by Crippen LogP contribution is 2.27. The van der Waals surface area contributed by atoms with Gasteiger partial charge in [0.05, 0.1) is 0 Å². The predicted octanol–water partition coefficient (Wildman–Crippen LogP) is -0.310. The average Bonchev–Trinajstić information content (AvgIpc) is 2.02. The summed E-state index contributed by atoms with van der Waals surface area (Å²) in [6.45, 7) is 4.05. The number of ketones is 4. The van der Waals surface area contributed by atoms with Crippen LogP contribution in [0.25, 0.3) is 0 Å². The van der Waals surface area contributed by atoms with Crippen LogP contribution in [-0.2, 0) is 19.2 Å². The molecule has 0 fully saturated rings. The molecule has 1 atom stereocenters. The van der Waals surface area contributed by atoms with Crippen molar-refractivity contribution in [3.8, 4) is 0 Å². The molecule has 0 amide bonds. The molecule has 0 saturated carbocycles. The van der Waals surface area contributed by atoms with Crippen LogP contribution in [0.2, 0.25) is 0 Å². The van der Waals surface area contributed by atoms with Gasteiger partial charge in [0, 0.05) is 0 Å². The Bertz CT molecular complexity index is 293. The number of hydrogen-bond acceptors (Lipinski definition) is 5. The van der Waals surface area contributed by atoms with E-state index in [-0.39, 0.29) is 0 Å². The average molecular weight is 214 g/mol. The van der Waals surface area contributed by atoms with Gasteiger partial charge in [-0.25, -0.2) is 0 Å². The lowest BCUT2D eigenvalue weighted by Gasteiger charge is -2.29. The van der Waals surface area contributed by atoms with E-state index in [9.17, 15) is 24.3 Å². The molecular weight excluding hydrogens is 200 g/mol. The monoisotopic (exact) mass is 214 g/mol. The maximum absolute atomic E-state index is 11.3. The first-order chi connectivity index (χ1) is 6.68. The summed E-state index contributed by atoms with van der Waals surface area (Å²) in [5.74, 6) is -3.23. The molecule has 0 bridgehead atoms. The molecule has 1 unspecified atom stereocenters. The third-order valence-electron chi connectivity index (χ3n) is 2.46. The third-order valence-corrected chi connectivity index (χ3v) is 2.46. The van der Waals surface area contributed by atoms with Gasteiger partial charge < -0.3 is 5.11 Å². The minimum absolute atomic E-state index is 0.782. The van der Waals surface area contributed by atoms with Crippen molar-refractivity contribution < 1.29 is 24.3 Å². The van der Waals surface area contributed by atoms with E-state index in [4.69, 9.17) is 0 Å². The zero-order valence-corrected chi connectivity index (χ0v) is 9.16. The van der Waals surface area contributed by atoms with E-state index in [0.29, 0.717) is 0 Å². The molecule has 1 N–H and O–H groups in total. The predicted molar refractivity (Wildman–Crippen MR) is 51.2 cm³/mol. The van der Waals surface area contributed by atoms with E-state index in [0.717, 1.165) is 27.7 Å². The van der Waals surface area contributed by atoms with Crippen molar-refractivity contribution in [3.05, 3.63) is 0 Å². The lowest BCUT2D eigenvalue weighted by molar-refractivity contribution is -0.159. The van der Waals surface area contributed by atoms with E-state index in [2.05, 4.69) is 0 Å². The molecule has 0 aromatic rings. The SMILES string of the molecule is CC(=O)C(O)C(C(C)=O)(C(C)=O)C(C)=O. The van der Waals surface area contributed by atoms with Gasteiger partial charge in [-0.2, -0.15) is 0 Å². The van der Waals surface area contributed by atoms with Gasteiger partial charge >= 0.3 is 0 Å². The second-order valence-corrected chi connectivity index (χ2v) is 3.49. The van der Waals surface area contributed by atoms with Crippen LogP contribution in [0, 0.1) is 5.41 Å². The van der Waals surface area contributed by atoms with Crippen molar-refractivity contribution in [2.45, 2.75) is 33.8 Å². The molecule has 0 aromatic carbocycles. The molecule has 0 spiro atoms. The minimum atomic E-state index is -2.23. The smallest absolute Gasteiger partial charge is 0.177 e. The highest BCUT2D eigenvalue weighted by Gasteiger charge is 2.53. The summed E-state index contributed by atoms with van der Waals surface area (Å²) in [7, 11) is 0. The van der Waals surface area contributed by atoms with E-state index < -0.39 is 34.7 Å². The molecule has 15 heavy (non-hydrogen) atoms. The van der Waals surface area contributed by atoms with E-state index in [1.165, 1.54) is 0 Å². The van der Waals surface area contributed by atoms with Crippen LogP contribution in [0.3, 0.4) is 0 Å². The lowest BCUT2D eigenvalue weighted by Crippen LogP contribution is -2.54. The molecule has 5 heteroatoms. The lowest BCUT2D eigenvalue weighted by atomic mass is 9.71. The Kier molecular flexibility index (Phi) is 4.04. The maximum atomic E-state index is 11.3. The molecule has 0 aliphatic rings. The van der Waals surface area contributed by atoms with Crippen molar-refractivity contribution in [2.24, 2.45) is 5.41 Å². The van der Waals surface area contributed by atoms with Gasteiger partial charge in [-0.1, -0.05) is 0 Å². The van der Waals surface area contributed by atoms with Crippen LogP contribution in [0.1, 0.15) is 27.7 Å². The van der Waals surface area contributed by atoms with Crippen LogP contribution in [0.15, 0.2) is 0 Å². The summed E-state index contributed by atoms with van der Waals surface area (Å²) in [5.41, 5.74) is -2.23. The Balaban J connectivity index is 5.75. The van der Waals surface area contributed by atoms with Gasteiger partial charge in [0.2, 0.25) is 0 Å². The zero-order valence-electron chi connectivity index (χ0n) is 9.16. The fraction of sp³-hybridized carbons (Fsp3) is 0.600. The van der Waals surface area contributed by atoms with Gasteiger partial charge in [-0.15, -0.1) is 0 Å². The van der Waals surface area contributed by atoms with Gasteiger partial charge in [0.15, 0.2) is 28.5 Å². The van der Waals surface area contributed by atoms with Crippen LogP contribution in [0.5, 0.6) is 0 Å². The molecule has 84 valence electrons. The summed E-state index contributed by atoms with van der Waals surface area (Å²) < 4.78 is 0. The number of carbonyl (C=O) groups excluding carboxylic acids is 4. The van der Waals surface area contributed by atoms with Gasteiger partial charge in [0.1, 0.15) is 6.10 Å². The largest absolute Gasteiger partial charge is 0.383 e. The molecule has 0 saturated heterocycles. The molecule has 5 nitrogen and oxygen atoms in total. The second kappa shape index (κ2) is 4.44. The number of rotatable bonds is 5. The van der Waals surface area contributed by atoms with Crippen molar-refractivity contribution >= 4 is 23.1 Å². The maximum Gasteiger partial charge on any atom is 0.177 e. The number of Topliss-reactive ketones (excluding diaryl/α,β-unsaturated/α-hetero) is 4. The highest BCUT2D eigenvalue weighted by molar-refractivity contribution is 6.25. The number of aliphatic hydroxyl groups is 1. The summed E-state index contributed by atoms with van der Waals surface area (Å²) >= 11 is 0. The summed E-state index contributed by atoms with van der Waals surface area (Å²) in [6, 6.07) is 0. The van der Waals surface area contributed by atoms with Crippen molar-refractivity contribution in [1.29, 1.82) is 0 Å². The molecule has 0 aliphatic heterocycles. The third kappa shape index (κ3) is 2.02. The second-order valence-electron chi connectivity index (χ2n) is 3.49. The van der Waals surface area contributed by atoms with Gasteiger partial charge in [0.25, 0.3) is 0 Å². The summed E-state index contributed by atoms with van der Waals surface area (Å²) in [5, 5.41) is 9.54. The Morgan fingerprint density at radius 1 is 0.867 bits per heavy atom. The van der Waals surface area contributed by atoms with Crippen molar-refractivity contribution in [3.63, 3.8) is 0 Å². The van der Waals surface area contributed by atoms with E-state index in [1.807, 2.05) is 0 Å². The van der Waals surface area contributed by atoms with Crippen LogP contribution in [0.4, 0.5) is 0 Å². The normalized spacial score (nSPS) is 13.1. The molecule has 0 rings (SSSR count). The van der Waals surface area contributed by atoms with Crippen LogP contribution in [-0.4, -0.2) is 34.3 Å². The van der Waals surface area contributed by atoms with Crippen molar-refractivity contribution in [2.75, 3.05) is 0 Å². The first-order valence-electron chi connectivity index (χ1n) is 4.40. The Labute approximate surface area is 87.5 Å². The minimum Gasteiger partial charge on any atom is -0.383 e. The fourth-order valence-electron chi connectivity index (χ4n) is 1.63. The number of carbonyl (C=O) groups is 4. The zero-order chi connectivity index (χ0) is 12.4. The molecular formula is C10H14O5. The highest BCUT2D eigenvalue weighted by atomic mass is 16.3. The fourth-order valence-corrected chi connectivity index (χ4v) is 1.63. The molecule has 0 radical (unpaired) electrons. The first kappa shape index (κ1) is 13.6. The molecule has 0 aliphatic carbocycles. The summed E-state index contributed by atoms with van der Waals surface area (Å²) in [4.78, 5) is 45.0. The first-order valence-corrected chi connectivity index (χ1v) is 4.40. The van der Waals surface area contributed by atoms with E-state index >= 15 is 0 Å². The molecule has 0 heterocycles. The Morgan fingerprint density at radius 2 is 1.13 bits per heavy atom. The van der Waals surface area contributed by atoms with Crippen LogP contribution >= 0.6 is 0 Å². The summed E-state index contributed by atoms with van der Waals surface area (Å²) in [6.07, 6.45) is -1.90. The van der Waals surface area contributed by atoms with Gasteiger partial charge in [-0.05, 0) is 27.7 Å². The quantitative estimate of drug-likeness (QED) is 0.634.